The zero-order valence-electron chi connectivity index (χ0n) is 17.0. The van der Waals surface area contributed by atoms with Gasteiger partial charge in [0.15, 0.2) is 11.0 Å². The van der Waals surface area contributed by atoms with Gasteiger partial charge >= 0.3 is 0 Å². The Kier molecular flexibility index (Phi) is 7.71. The zero-order valence-corrected chi connectivity index (χ0v) is 18.6. The number of thiophene rings is 1. The third kappa shape index (κ3) is 5.39. The van der Waals surface area contributed by atoms with Crippen molar-refractivity contribution in [3.8, 4) is 17.1 Å². The predicted octanol–water partition coefficient (Wildman–Crippen LogP) is 5.11. The Morgan fingerprint density at radius 2 is 2.07 bits per heavy atom. The zero-order chi connectivity index (χ0) is 20.6. The summed E-state index contributed by atoms with van der Waals surface area (Å²) in [5, 5.41) is 14.5. The normalized spacial score (nSPS) is 10.9. The van der Waals surface area contributed by atoms with Crippen LogP contribution in [0.2, 0.25) is 0 Å². The van der Waals surface area contributed by atoms with Gasteiger partial charge in [-0.05, 0) is 38.5 Å². The number of aromatic nitrogens is 3. The molecular formula is C21H26N4O2S2. The van der Waals surface area contributed by atoms with Crippen LogP contribution in [0, 0.1) is 0 Å². The van der Waals surface area contributed by atoms with Gasteiger partial charge in [-0.25, -0.2) is 0 Å². The first-order valence-corrected chi connectivity index (χ1v) is 11.7. The standard InChI is InChI=1S/C21H26N4O2S2/c1-4-9-16-12-15(13-28-16)20-23-24-21(25(20)5-2)29-14-19(26)22-17-10-7-8-11-18(17)27-6-3/h7-8,10-13H,4-6,9,14H2,1-3H3,(H,22,26). The second-order valence-electron chi connectivity index (χ2n) is 6.37. The molecule has 0 aliphatic rings. The van der Waals surface area contributed by atoms with Crippen molar-refractivity contribution in [2.75, 3.05) is 17.7 Å². The summed E-state index contributed by atoms with van der Waals surface area (Å²) < 4.78 is 7.62. The second-order valence-corrected chi connectivity index (χ2v) is 8.31. The average Bonchev–Trinajstić information content (AvgIpc) is 3.34. The number of nitrogens with one attached hydrogen (secondary N) is 1. The van der Waals surface area contributed by atoms with Crippen LogP contribution >= 0.6 is 23.1 Å². The van der Waals surface area contributed by atoms with Crippen molar-refractivity contribution in [3.63, 3.8) is 0 Å². The molecule has 1 N–H and O–H groups in total. The number of para-hydroxylation sites is 2. The van der Waals surface area contributed by atoms with E-state index < -0.39 is 0 Å². The lowest BCUT2D eigenvalue weighted by atomic mass is 10.2. The molecule has 0 radical (unpaired) electrons. The van der Waals surface area contributed by atoms with E-state index in [1.807, 2.05) is 31.2 Å². The van der Waals surface area contributed by atoms with Crippen LogP contribution in [0.3, 0.4) is 0 Å². The minimum atomic E-state index is -0.102. The van der Waals surface area contributed by atoms with Gasteiger partial charge in [0.2, 0.25) is 5.91 Å². The molecule has 0 atom stereocenters. The molecule has 3 aromatic rings. The number of amides is 1. The second kappa shape index (κ2) is 10.5. The first kappa shape index (κ1) is 21.4. The van der Waals surface area contributed by atoms with E-state index in [0.717, 1.165) is 35.9 Å². The number of thioether (sulfide) groups is 1. The van der Waals surface area contributed by atoms with E-state index in [1.165, 1.54) is 16.6 Å². The molecular weight excluding hydrogens is 404 g/mol. The van der Waals surface area contributed by atoms with Gasteiger partial charge in [0.1, 0.15) is 5.75 Å². The number of ether oxygens (including phenoxy) is 1. The molecule has 154 valence electrons. The summed E-state index contributed by atoms with van der Waals surface area (Å²) in [5.41, 5.74) is 1.77. The molecule has 1 aromatic carbocycles. The number of aryl methyl sites for hydroxylation is 1. The van der Waals surface area contributed by atoms with Crippen LogP contribution in [0.5, 0.6) is 5.75 Å². The molecule has 1 amide bonds. The summed E-state index contributed by atoms with van der Waals surface area (Å²) in [6, 6.07) is 9.64. The number of carbonyl (C=O) groups excluding carboxylic acids is 1. The average molecular weight is 431 g/mol. The molecule has 0 aliphatic heterocycles. The summed E-state index contributed by atoms with van der Waals surface area (Å²) in [7, 11) is 0. The highest BCUT2D eigenvalue weighted by molar-refractivity contribution is 7.99. The van der Waals surface area contributed by atoms with Crippen molar-refractivity contribution in [2.24, 2.45) is 0 Å². The topological polar surface area (TPSA) is 69.0 Å². The molecule has 0 aliphatic carbocycles. The van der Waals surface area contributed by atoms with Crippen molar-refractivity contribution in [3.05, 3.63) is 40.6 Å². The van der Waals surface area contributed by atoms with Crippen LogP contribution in [0.15, 0.2) is 40.9 Å². The van der Waals surface area contributed by atoms with E-state index >= 15 is 0 Å². The van der Waals surface area contributed by atoms with Crippen molar-refractivity contribution < 1.29 is 9.53 Å². The molecule has 0 unspecified atom stereocenters. The Labute approximate surface area is 179 Å². The molecule has 0 fully saturated rings. The maximum Gasteiger partial charge on any atom is 0.234 e. The smallest absolute Gasteiger partial charge is 0.234 e. The fourth-order valence-electron chi connectivity index (χ4n) is 2.94. The molecule has 0 bridgehead atoms. The van der Waals surface area contributed by atoms with Crippen LogP contribution in [-0.4, -0.2) is 33.0 Å². The number of hydrogen-bond donors (Lipinski definition) is 1. The van der Waals surface area contributed by atoms with Gasteiger partial charge in [0, 0.05) is 22.4 Å². The Bertz CT molecular complexity index is 952. The van der Waals surface area contributed by atoms with E-state index in [9.17, 15) is 4.79 Å². The Hall–Kier alpha value is -2.32. The number of carbonyl (C=O) groups is 1. The fraction of sp³-hybridized carbons (Fsp3) is 0.381. The molecule has 2 heterocycles. The first-order chi connectivity index (χ1) is 14.2. The van der Waals surface area contributed by atoms with E-state index in [0.29, 0.717) is 18.0 Å². The Balaban J connectivity index is 1.66. The minimum Gasteiger partial charge on any atom is -0.492 e. The molecule has 6 nitrogen and oxygen atoms in total. The molecule has 3 rings (SSSR count). The Morgan fingerprint density at radius 3 is 2.83 bits per heavy atom. The number of rotatable bonds is 10. The van der Waals surface area contributed by atoms with E-state index in [1.54, 1.807) is 11.3 Å². The van der Waals surface area contributed by atoms with Crippen LogP contribution in [-0.2, 0) is 17.8 Å². The Morgan fingerprint density at radius 1 is 1.24 bits per heavy atom. The molecule has 0 saturated heterocycles. The maximum atomic E-state index is 12.5. The van der Waals surface area contributed by atoms with Gasteiger partial charge in [-0.3, -0.25) is 4.79 Å². The summed E-state index contributed by atoms with van der Waals surface area (Å²) in [4.78, 5) is 13.8. The number of nitrogens with zero attached hydrogens (tertiary/aromatic N) is 3. The first-order valence-electron chi connectivity index (χ1n) is 9.81. The number of hydrogen-bond acceptors (Lipinski definition) is 6. The SMILES string of the molecule is CCCc1cc(-c2nnc(SCC(=O)Nc3ccccc3OCC)n2CC)cs1. The van der Waals surface area contributed by atoms with Crippen molar-refractivity contribution in [2.45, 2.75) is 45.3 Å². The molecule has 0 saturated carbocycles. The quantitative estimate of drug-likeness (QED) is 0.453. The molecule has 0 spiro atoms. The van der Waals surface area contributed by atoms with Gasteiger partial charge in [-0.2, -0.15) is 0 Å². The number of benzene rings is 1. The van der Waals surface area contributed by atoms with Crippen LogP contribution in [0.1, 0.15) is 32.1 Å². The molecule has 2 aromatic heterocycles. The van der Waals surface area contributed by atoms with E-state index in [4.69, 9.17) is 4.74 Å². The van der Waals surface area contributed by atoms with E-state index in [-0.39, 0.29) is 11.7 Å². The fourth-order valence-corrected chi connectivity index (χ4v) is 4.71. The van der Waals surface area contributed by atoms with Crippen molar-refractivity contribution >= 4 is 34.7 Å². The van der Waals surface area contributed by atoms with Crippen LogP contribution in [0.25, 0.3) is 11.4 Å². The van der Waals surface area contributed by atoms with Gasteiger partial charge in [0.05, 0.1) is 18.0 Å². The summed E-state index contributed by atoms with van der Waals surface area (Å²) in [5.74, 6) is 1.68. The third-order valence-electron chi connectivity index (χ3n) is 4.23. The predicted molar refractivity (Wildman–Crippen MR) is 120 cm³/mol. The largest absolute Gasteiger partial charge is 0.492 e. The van der Waals surface area contributed by atoms with Crippen molar-refractivity contribution in [1.82, 2.24) is 14.8 Å². The third-order valence-corrected chi connectivity index (χ3v) is 6.20. The van der Waals surface area contributed by atoms with Crippen LogP contribution in [0.4, 0.5) is 5.69 Å². The molecule has 29 heavy (non-hydrogen) atoms. The van der Waals surface area contributed by atoms with Crippen molar-refractivity contribution in [1.29, 1.82) is 0 Å². The van der Waals surface area contributed by atoms with Gasteiger partial charge in [0.25, 0.3) is 0 Å². The highest BCUT2D eigenvalue weighted by Gasteiger charge is 2.16. The highest BCUT2D eigenvalue weighted by Crippen LogP contribution is 2.29. The summed E-state index contributed by atoms with van der Waals surface area (Å²) in [6.45, 7) is 7.46. The van der Waals surface area contributed by atoms with Crippen LogP contribution < -0.4 is 10.1 Å². The van der Waals surface area contributed by atoms with Gasteiger partial charge in [-0.1, -0.05) is 37.2 Å². The number of anilines is 1. The summed E-state index contributed by atoms with van der Waals surface area (Å²) >= 11 is 3.15. The lowest BCUT2D eigenvalue weighted by molar-refractivity contribution is -0.113. The lowest BCUT2D eigenvalue weighted by Gasteiger charge is -2.11. The van der Waals surface area contributed by atoms with Gasteiger partial charge in [-0.15, -0.1) is 21.5 Å². The maximum absolute atomic E-state index is 12.5. The minimum absolute atomic E-state index is 0.102. The molecule has 8 heteroatoms. The van der Waals surface area contributed by atoms with E-state index in [2.05, 4.69) is 45.4 Å². The van der Waals surface area contributed by atoms with Gasteiger partial charge < -0.3 is 14.6 Å². The monoisotopic (exact) mass is 430 g/mol. The highest BCUT2D eigenvalue weighted by atomic mass is 32.2. The summed E-state index contributed by atoms with van der Waals surface area (Å²) in [6.07, 6.45) is 2.21. The lowest BCUT2D eigenvalue weighted by Crippen LogP contribution is -2.15.